The van der Waals surface area contributed by atoms with Gasteiger partial charge in [0.1, 0.15) is 5.75 Å². The van der Waals surface area contributed by atoms with Gasteiger partial charge in [0.2, 0.25) is 0 Å². The highest BCUT2D eigenvalue weighted by molar-refractivity contribution is 7.79. The molecule has 1 nitrogen and oxygen atoms in total. The lowest BCUT2D eigenvalue weighted by molar-refractivity contribution is 0.475. The summed E-state index contributed by atoms with van der Waals surface area (Å²) in [6.07, 6.45) is 0. The largest absolute Gasteiger partial charge is 0.508 e. The summed E-state index contributed by atoms with van der Waals surface area (Å²) < 4.78 is 0. The van der Waals surface area contributed by atoms with Crippen molar-refractivity contribution in [3.05, 3.63) is 121 Å². The Morgan fingerprint density at radius 3 is 1.52 bits per heavy atom. The van der Waals surface area contributed by atoms with Gasteiger partial charge in [0, 0.05) is 0 Å². The Labute approximate surface area is 162 Å². The van der Waals surface area contributed by atoms with Crippen molar-refractivity contribution < 1.29 is 5.11 Å². The Bertz CT molecular complexity index is 908. The molecule has 4 aromatic rings. The van der Waals surface area contributed by atoms with E-state index in [0.29, 0.717) is 5.75 Å². The highest BCUT2D eigenvalue weighted by atomic mass is 31.1. The molecule has 0 aliphatic carbocycles. The Kier molecular flexibility index (Phi) is 6.79. The van der Waals surface area contributed by atoms with E-state index in [0.717, 1.165) is 0 Å². The molecule has 0 aliphatic rings. The molecule has 2 heteroatoms. The van der Waals surface area contributed by atoms with Crippen LogP contribution in [-0.4, -0.2) is 5.11 Å². The van der Waals surface area contributed by atoms with E-state index in [9.17, 15) is 5.11 Å². The van der Waals surface area contributed by atoms with Gasteiger partial charge in [-0.25, -0.2) is 0 Å². The number of phenolic OH excluding ortho intramolecular Hbond substituents is 1. The highest BCUT2D eigenvalue weighted by Gasteiger charge is 2.17. The molecule has 1 N–H and O–H groups in total. The maximum atomic E-state index is 9.54. The lowest BCUT2D eigenvalue weighted by atomic mass is 10.2. The number of phenols is 1. The number of hydrogen-bond acceptors (Lipinski definition) is 1. The molecule has 0 bridgehead atoms. The van der Waals surface area contributed by atoms with Crippen LogP contribution in [0.15, 0.2) is 115 Å². The smallest absolute Gasteiger partial charge is 0.115 e. The second kappa shape index (κ2) is 9.71. The monoisotopic (exact) mass is 370 g/mol. The Hall–Kier alpha value is -2.89. The van der Waals surface area contributed by atoms with Crippen molar-refractivity contribution in [2.45, 2.75) is 6.92 Å². The lowest BCUT2D eigenvalue weighted by Gasteiger charge is -2.21. The normalized spacial score (nSPS) is 11.1. The van der Waals surface area contributed by atoms with Crippen LogP contribution in [-0.2, 0) is 0 Å². The average Bonchev–Trinajstić information content (AvgIpc) is 2.74. The Morgan fingerprint density at radius 1 is 0.519 bits per heavy atom. The number of aryl methyl sites for hydroxylation is 1. The molecular formula is C25H23OP. The zero-order valence-electron chi connectivity index (χ0n) is 15.4. The van der Waals surface area contributed by atoms with Gasteiger partial charge in [0.15, 0.2) is 0 Å². The van der Waals surface area contributed by atoms with Crippen LogP contribution < -0.4 is 15.9 Å². The van der Waals surface area contributed by atoms with Gasteiger partial charge in [-0.15, -0.1) is 0 Å². The fraction of sp³-hybridized carbons (Fsp3) is 0.0400. The molecule has 1 atom stereocenters. The van der Waals surface area contributed by atoms with Gasteiger partial charge >= 0.3 is 0 Å². The number of rotatable bonds is 3. The quantitative estimate of drug-likeness (QED) is 0.495. The van der Waals surface area contributed by atoms with E-state index in [1.54, 1.807) is 12.1 Å². The lowest BCUT2D eigenvalue weighted by Crippen LogP contribution is -2.22. The van der Waals surface area contributed by atoms with E-state index in [1.165, 1.54) is 21.5 Å². The molecule has 0 aromatic heterocycles. The first-order valence-electron chi connectivity index (χ1n) is 8.95. The SMILES string of the molecule is Cc1ccccc1P(c1ccccc1)c1ccc(O)cc1.c1ccccc1. The molecule has 134 valence electrons. The summed E-state index contributed by atoms with van der Waals surface area (Å²) in [6.45, 7) is 2.16. The van der Waals surface area contributed by atoms with Gasteiger partial charge in [-0.1, -0.05) is 103 Å². The third-order valence-corrected chi connectivity index (χ3v) is 6.76. The van der Waals surface area contributed by atoms with Crippen LogP contribution in [0, 0.1) is 6.92 Å². The van der Waals surface area contributed by atoms with E-state index in [2.05, 4.69) is 55.5 Å². The van der Waals surface area contributed by atoms with Crippen LogP contribution in [0.5, 0.6) is 5.75 Å². The molecule has 27 heavy (non-hydrogen) atoms. The summed E-state index contributed by atoms with van der Waals surface area (Å²) in [7, 11) is -0.590. The van der Waals surface area contributed by atoms with Gasteiger partial charge in [-0.2, -0.15) is 0 Å². The molecule has 0 radical (unpaired) electrons. The van der Waals surface area contributed by atoms with Crippen molar-refractivity contribution in [1.29, 1.82) is 0 Å². The van der Waals surface area contributed by atoms with E-state index in [4.69, 9.17) is 0 Å². The molecule has 4 rings (SSSR count). The molecular weight excluding hydrogens is 347 g/mol. The minimum Gasteiger partial charge on any atom is -0.508 e. The summed E-state index contributed by atoms with van der Waals surface area (Å²) in [5.74, 6) is 0.312. The minimum absolute atomic E-state index is 0.312. The number of hydrogen-bond donors (Lipinski definition) is 1. The molecule has 1 unspecified atom stereocenters. The third kappa shape index (κ3) is 5.29. The summed E-state index contributed by atoms with van der Waals surface area (Å²) in [5.41, 5.74) is 1.31. The first-order chi connectivity index (χ1) is 13.3. The van der Waals surface area contributed by atoms with Gasteiger partial charge in [-0.3, -0.25) is 0 Å². The van der Waals surface area contributed by atoms with Crippen LogP contribution in [0.3, 0.4) is 0 Å². The predicted molar refractivity (Wildman–Crippen MR) is 118 cm³/mol. The molecule has 0 aliphatic heterocycles. The molecule has 4 aromatic carbocycles. The van der Waals surface area contributed by atoms with Gasteiger partial charge in [-0.05, 0) is 48.5 Å². The summed E-state index contributed by atoms with van der Waals surface area (Å²) in [5, 5.41) is 13.5. The number of benzene rings is 4. The summed E-state index contributed by atoms with van der Waals surface area (Å²) in [4.78, 5) is 0. The van der Waals surface area contributed by atoms with Gasteiger partial charge < -0.3 is 5.11 Å². The summed E-state index contributed by atoms with van der Waals surface area (Å²) in [6, 6.07) is 38.7. The topological polar surface area (TPSA) is 20.2 Å². The zero-order chi connectivity index (χ0) is 18.9. The van der Waals surface area contributed by atoms with Crippen LogP contribution in [0.2, 0.25) is 0 Å². The van der Waals surface area contributed by atoms with Crippen LogP contribution >= 0.6 is 7.92 Å². The highest BCUT2D eigenvalue weighted by Crippen LogP contribution is 2.34. The predicted octanol–water partition coefficient (Wildman–Crippen LogP) is 5.15. The van der Waals surface area contributed by atoms with Crippen molar-refractivity contribution in [3.63, 3.8) is 0 Å². The molecule has 0 spiro atoms. The standard InChI is InChI=1S/C19H17OP.C6H6/c1-15-7-5-6-10-19(15)21(17-8-3-2-4-9-17)18-13-11-16(20)12-14-18;1-2-4-6-5-3-1/h2-14,20H,1H3;1-6H. The van der Waals surface area contributed by atoms with Crippen molar-refractivity contribution in [3.8, 4) is 5.75 Å². The third-order valence-electron chi connectivity index (χ3n) is 4.15. The first kappa shape index (κ1) is 18.9. The van der Waals surface area contributed by atoms with Crippen LogP contribution in [0.25, 0.3) is 0 Å². The molecule has 0 saturated carbocycles. The second-order valence-corrected chi connectivity index (χ2v) is 8.31. The first-order valence-corrected chi connectivity index (χ1v) is 10.3. The van der Waals surface area contributed by atoms with Gasteiger partial charge in [0.25, 0.3) is 0 Å². The van der Waals surface area contributed by atoms with E-state index in [1.807, 2.05) is 54.6 Å². The Morgan fingerprint density at radius 2 is 0.963 bits per heavy atom. The van der Waals surface area contributed by atoms with Crippen molar-refractivity contribution in [1.82, 2.24) is 0 Å². The van der Waals surface area contributed by atoms with E-state index in [-0.39, 0.29) is 0 Å². The fourth-order valence-electron chi connectivity index (χ4n) is 2.81. The molecule has 0 amide bonds. The zero-order valence-corrected chi connectivity index (χ0v) is 16.3. The molecule has 0 saturated heterocycles. The minimum atomic E-state index is -0.590. The van der Waals surface area contributed by atoms with Crippen molar-refractivity contribution >= 4 is 23.8 Å². The van der Waals surface area contributed by atoms with Crippen LogP contribution in [0.4, 0.5) is 0 Å². The van der Waals surface area contributed by atoms with E-state index < -0.39 is 7.92 Å². The van der Waals surface area contributed by atoms with Gasteiger partial charge in [0.05, 0.1) is 0 Å². The average molecular weight is 370 g/mol. The number of aromatic hydroxyl groups is 1. The van der Waals surface area contributed by atoms with Crippen LogP contribution in [0.1, 0.15) is 5.56 Å². The fourth-order valence-corrected chi connectivity index (χ4v) is 5.24. The second-order valence-electron chi connectivity index (χ2n) is 6.13. The molecule has 0 fully saturated rings. The van der Waals surface area contributed by atoms with Crippen molar-refractivity contribution in [2.24, 2.45) is 0 Å². The maximum absolute atomic E-state index is 9.54. The maximum Gasteiger partial charge on any atom is 0.115 e. The van der Waals surface area contributed by atoms with E-state index >= 15 is 0 Å². The summed E-state index contributed by atoms with van der Waals surface area (Å²) >= 11 is 0. The molecule has 0 heterocycles. The Balaban J connectivity index is 0.000000299. The van der Waals surface area contributed by atoms with Crippen molar-refractivity contribution in [2.75, 3.05) is 0 Å².